The number of hydrogen-bond acceptors (Lipinski definition) is 5. The highest BCUT2D eigenvalue weighted by Gasteiger charge is 2.22. The molecule has 3 aromatic rings. The first kappa shape index (κ1) is 22.7. The number of para-hydroxylation sites is 1. The Morgan fingerprint density at radius 1 is 1.03 bits per heavy atom. The molecule has 1 aliphatic carbocycles. The summed E-state index contributed by atoms with van der Waals surface area (Å²) >= 11 is 6.11. The third-order valence-corrected chi connectivity index (χ3v) is 6.59. The molecule has 32 heavy (non-hydrogen) atoms. The molecule has 0 aliphatic heterocycles. The topological polar surface area (TPSA) is 53.1 Å². The number of anilines is 2. The molecule has 0 unspecified atom stereocenters. The van der Waals surface area contributed by atoms with Crippen LogP contribution in [0.3, 0.4) is 0 Å². The number of fused-ring (bicyclic) bond motifs is 1. The van der Waals surface area contributed by atoms with E-state index in [0.717, 1.165) is 55.5 Å². The number of benzene rings is 2. The second-order valence-corrected chi connectivity index (χ2v) is 9.21. The van der Waals surface area contributed by atoms with E-state index in [-0.39, 0.29) is 5.82 Å². The highest BCUT2D eigenvalue weighted by Crippen LogP contribution is 2.28. The Morgan fingerprint density at radius 3 is 2.56 bits per heavy atom. The molecule has 2 N–H and O–H groups in total. The van der Waals surface area contributed by atoms with Crippen LogP contribution in [0.15, 0.2) is 42.5 Å². The Hall–Kier alpha value is -2.44. The second kappa shape index (κ2) is 10.5. The number of nitrogens with one attached hydrogen (secondary N) is 2. The van der Waals surface area contributed by atoms with Crippen molar-refractivity contribution in [2.45, 2.75) is 38.1 Å². The van der Waals surface area contributed by atoms with Gasteiger partial charge in [0.1, 0.15) is 11.6 Å². The highest BCUT2D eigenvalue weighted by atomic mass is 35.5. The average molecular weight is 456 g/mol. The minimum atomic E-state index is -0.223. The molecule has 4 rings (SSSR count). The molecule has 0 bridgehead atoms. The lowest BCUT2D eigenvalue weighted by Gasteiger charge is -2.29. The predicted molar refractivity (Wildman–Crippen MR) is 131 cm³/mol. The summed E-state index contributed by atoms with van der Waals surface area (Å²) in [6.45, 7) is 1.69. The van der Waals surface area contributed by atoms with Crippen LogP contribution in [0.25, 0.3) is 10.9 Å². The van der Waals surface area contributed by atoms with Crippen molar-refractivity contribution in [2.24, 2.45) is 5.92 Å². The third kappa shape index (κ3) is 5.48. The monoisotopic (exact) mass is 455 g/mol. The fraction of sp³-hybridized carbons (Fsp3) is 0.440. The van der Waals surface area contributed by atoms with E-state index in [2.05, 4.69) is 16.7 Å². The molecule has 1 saturated carbocycles. The maximum atomic E-state index is 13.9. The molecular weight excluding hydrogens is 425 g/mol. The van der Waals surface area contributed by atoms with E-state index < -0.39 is 0 Å². The van der Waals surface area contributed by atoms with Crippen LogP contribution in [0.4, 0.5) is 16.2 Å². The number of aromatic nitrogens is 2. The lowest BCUT2D eigenvalue weighted by Crippen LogP contribution is -2.32. The summed E-state index contributed by atoms with van der Waals surface area (Å²) in [5, 5.41) is 8.62. The van der Waals surface area contributed by atoms with Crippen LogP contribution in [0.2, 0.25) is 5.02 Å². The molecule has 1 aliphatic rings. The van der Waals surface area contributed by atoms with Gasteiger partial charge in [0, 0.05) is 36.1 Å². The van der Waals surface area contributed by atoms with Crippen molar-refractivity contribution in [2.75, 3.05) is 37.4 Å². The molecule has 0 saturated heterocycles. The van der Waals surface area contributed by atoms with Crippen molar-refractivity contribution in [3.8, 4) is 0 Å². The third-order valence-electron chi connectivity index (χ3n) is 6.23. The molecule has 0 amide bonds. The van der Waals surface area contributed by atoms with Crippen LogP contribution < -0.4 is 15.5 Å². The lowest BCUT2D eigenvalue weighted by atomic mass is 9.86. The van der Waals surface area contributed by atoms with E-state index in [1.54, 1.807) is 12.1 Å². The largest absolute Gasteiger partial charge is 0.362 e. The van der Waals surface area contributed by atoms with Crippen LogP contribution in [-0.2, 0) is 6.42 Å². The Balaban J connectivity index is 1.25. The molecule has 2 aromatic carbocycles. The smallest absolute Gasteiger partial charge is 0.225 e. The van der Waals surface area contributed by atoms with Crippen molar-refractivity contribution in [3.63, 3.8) is 0 Å². The summed E-state index contributed by atoms with van der Waals surface area (Å²) in [4.78, 5) is 11.5. The van der Waals surface area contributed by atoms with E-state index in [1.165, 1.54) is 6.07 Å². The van der Waals surface area contributed by atoms with E-state index in [0.29, 0.717) is 34.9 Å². The van der Waals surface area contributed by atoms with Gasteiger partial charge in [0.25, 0.3) is 0 Å². The van der Waals surface area contributed by atoms with Crippen molar-refractivity contribution in [1.82, 2.24) is 15.3 Å². The Morgan fingerprint density at radius 2 is 1.81 bits per heavy atom. The van der Waals surface area contributed by atoms with Gasteiger partial charge in [-0.3, -0.25) is 0 Å². The first-order valence-corrected chi connectivity index (χ1v) is 11.7. The van der Waals surface area contributed by atoms with Gasteiger partial charge in [-0.25, -0.2) is 9.37 Å². The molecule has 7 heteroatoms. The summed E-state index contributed by atoms with van der Waals surface area (Å²) in [7, 11) is 4.02. The fourth-order valence-electron chi connectivity index (χ4n) is 4.45. The lowest BCUT2D eigenvalue weighted by molar-refractivity contribution is 0.325. The van der Waals surface area contributed by atoms with Gasteiger partial charge in [0.15, 0.2) is 0 Å². The molecule has 0 atom stereocenters. The maximum Gasteiger partial charge on any atom is 0.225 e. The zero-order chi connectivity index (χ0) is 22.5. The molecule has 1 heterocycles. The van der Waals surface area contributed by atoms with Gasteiger partial charge in [0.2, 0.25) is 5.95 Å². The molecular formula is C25H31ClFN5. The summed E-state index contributed by atoms with van der Waals surface area (Å²) < 4.78 is 13.9. The standard InChI is InChI=1S/C25H31ClFN5/c1-32(2)24-20-6-3-4-9-23(20)30-25(31-24)29-18-12-10-17(11-13-18)16-28-15-14-19-21(26)7-5-8-22(19)27/h3-9,17-18,28H,10-16H2,1-2H3,(H,29,30,31). The van der Waals surface area contributed by atoms with E-state index >= 15 is 0 Å². The summed E-state index contributed by atoms with van der Waals surface area (Å²) in [6, 6.07) is 13.4. The van der Waals surface area contributed by atoms with Crippen LogP contribution in [-0.4, -0.2) is 43.2 Å². The number of nitrogens with zero attached hydrogens (tertiary/aromatic N) is 3. The van der Waals surface area contributed by atoms with Gasteiger partial charge in [0.05, 0.1) is 5.52 Å². The van der Waals surface area contributed by atoms with Gasteiger partial charge in [-0.2, -0.15) is 4.98 Å². The maximum absolute atomic E-state index is 13.9. The van der Waals surface area contributed by atoms with Crippen molar-refractivity contribution < 1.29 is 4.39 Å². The molecule has 1 aromatic heterocycles. The minimum absolute atomic E-state index is 0.223. The predicted octanol–water partition coefficient (Wildman–Crippen LogP) is 5.29. The first-order valence-electron chi connectivity index (χ1n) is 11.4. The van der Waals surface area contributed by atoms with E-state index in [4.69, 9.17) is 21.6 Å². The highest BCUT2D eigenvalue weighted by molar-refractivity contribution is 6.31. The van der Waals surface area contributed by atoms with Gasteiger partial charge in [-0.15, -0.1) is 0 Å². The van der Waals surface area contributed by atoms with E-state index in [1.807, 2.05) is 37.2 Å². The van der Waals surface area contributed by atoms with Crippen molar-refractivity contribution in [1.29, 1.82) is 0 Å². The second-order valence-electron chi connectivity index (χ2n) is 8.80. The molecule has 170 valence electrons. The minimum Gasteiger partial charge on any atom is -0.362 e. The number of rotatable bonds is 8. The Kier molecular flexibility index (Phi) is 7.43. The quantitative estimate of drug-likeness (QED) is 0.452. The SMILES string of the molecule is CN(C)c1nc(NC2CCC(CNCCc3c(F)cccc3Cl)CC2)nc2ccccc12. The summed E-state index contributed by atoms with van der Waals surface area (Å²) in [5.74, 6) is 2.06. The van der Waals surface area contributed by atoms with Crippen molar-refractivity contribution >= 4 is 34.3 Å². The van der Waals surface area contributed by atoms with E-state index in [9.17, 15) is 4.39 Å². The molecule has 0 radical (unpaired) electrons. The van der Waals surface area contributed by atoms with Crippen LogP contribution in [0.1, 0.15) is 31.2 Å². The van der Waals surface area contributed by atoms with Gasteiger partial charge >= 0.3 is 0 Å². The zero-order valence-corrected chi connectivity index (χ0v) is 19.5. The summed E-state index contributed by atoms with van der Waals surface area (Å²) in [6.07, 6.45) is 5.10. The fourth-order valence-corrected chi connectivity index (χ4v) is 4.71. The normalized spacial score (nSPS) is 18.6. The molecule has 1 fully saturated rings. The average Bonchev–Trinajstić information content (AvgIpc) is 2.78. The number of halogens is 2. The van der Waals surface area contributed by atoms with Crippen LogP contribution in [0.5, 0.6) is 0 Å². The molecule has 0 spiro atoms. The summed E-state index contributed by atoms with van der Waals surface area (Å²) in [5.41, 5.74) is 1.56. The zero-order valence-electron chi connectivity index (χ0n) is 18.7. The Labute approximate surface area is 194 Å². The Bertz CT molecular complexity index is 1030. The van der Waals surface area contributed by atoms with Gasteiger partial charge in [-0.1, -0.05) is 29.8 Å². The first-order chi connectivity index (χ1) is 15.5. The van der Waals surface area contributed by atoms with Crippen LogP contribution >= 0.6 is 11.6 Å². The molecule has 5 nitrogen and oxygen atoms in total. The van der Waals surface area contributed by atoms with Crippen molar-refractivity contribution in [3.05, 3.63) is 58.9 Å². The van der Waals surface area contributed by atoms with Crippen LogP contribution in [0, 0.1) is 11.7 Å². The van der Waals surface area contributed by atoms with Gasteiger partial charge in [-0.05, 0) is 75.4 Å². The number of hydrogen-bond donors (Lipinski definition) is 2. The van der Waals surface area contributed by atoms with Gasteiger partial charge < -0.3 is 15.5 Å².